The maximum absolute atomic E-state index is 2.61. The van der Waals surface area contributed by atoms with Crippen LogP contribution in [-0.2, 0) is 0 Å². The van der Waals surface area contributed by atoms with E-state index in [9.17, 15) is 0 Å². The molecule has 30 heavy (non-hydrogen) atoms. The number of anilines is 1. The van der Waals surface area contributed by atoms with Gasteiger partial charge in [0, 0.05) is 24.6 Å². The fourth-order valence-corrected chi connectivity index (χ4v) is 4.61. The van der Waals surface area contributed by atoms with Crippen molar-refractivity contribution in [3.05, 3.63) is 42.7 Å². The Balaban J connectivity index is 1.68. The van der Waals surface area contributed by atoms with Crippen LogP contribution in [0.25, 0.3) is 0 Å². The van der Waals surface area contributed by atoms with E-state index in [1.165, 1.54) is 115 Å². The number of hydrogen-bond donors (Lipinski definition) is 0. The van der Waals surface area contributed by atoms with Crippen LogP contribution in [0.1, 0.15) is 117 Å². The van der Waals surface area contributed by atoms with E-state index in [-0.39, 0.29) is 0 Å². The summed E-state index contributed by atoms with van der Waals surface area (Å²) in [5.41, 5.74) is 1.33. The van der Waals surface area contributed by atoms with E-state index in [0.717, 1.165) is 0 Å². The Morgan fingerprint density at radius 3 is 1.73 bits per heavy atom. The summed E-state index contributed by atoms with van der Waals surface area (Å²) in [5.74, 6) is 0. The monoisotopic (exact) mass is 412 g/mol. The normalized spacial score (nSPS) is 16.0. The molecule has 0 N–H and O–H groups in total. The number of para-hydroxylation sites is 1. The summed E-state index contributed by atoms with van der Waals surface area (Å²) in [7, 11) is 0. The molecular formula is C28H48N2. The molecule has 0 aromatic heterocycles. The summed E-state index contributed by atoms with van der Waals surface area (Å²) in [6.07, 6.45) is 27.3. The van der Waals surface area contributed by atoms with E-state index in [1.807, 2.05) is 0 Å². The molecule has 2 heteroatoms. The molecule has 1 aromatic carbocycles. The van der Waals surface area contributed by atoms with Crippen LogP contribution in [0.5, 0.6) is 0 Å². The van der Waals surface area contributed by atoms with Crippen LogP contribution < -0.4 is 4.90 Å². The minimum absolute atomic E-state index is 0.507. The molecule has 1 heterocycles. The molecule has 0 saturated heterocycles. The van der Waals surface area contributed by atoms with Gasteiger partial charge in [0.1, 0.15) is 6.17 Å². The Hall–Kier alpha value is -1.44. The minimum Gasteiger partial charge on any atom is -0.356 e. The molecule has 1 aliphatic heterocycles. The second kappa shape index (κ2) is 16.3. The van der Waals surface area contributed by atoms with Gasteiger partial charge in [-0.05, 0) is 31.4 Å². The minimum atomic E-state index is 0.507. The molecule has 1 aliphatic rings. The van der Waals surface area contributed by atoms with Gasteiger partial charge in [-0.1, -0.05) is 116 Å². The zero-order valence-electron chi connectivity index (χ0n) is 20.0. The van der Waals surface area contributed by atoms with Crippen molar-refractivity contribution in [2.75, 3.05) is 11.4 Å². The Labute approximate surface area is 187 Å². The molecule has 1 unspecified atom stereocenters. The first-order valence-corrected chi connectivity index (χ1v) is 13.1. The van der Waals surface area contributed by atoms with Crippen LogP contribution in [-0.4, -0.2) is 17.6 Å². The number of nitrogens with zero attached hydrogens (tertiary/aromatic N) is 2. The van der Waals surface area contributed by atoms with Crippen molar-refractivity contribution in [2.45, 2.75) is 123 Å². The first kappa shape index (κ1) is 24.8. The van der Waals surface area contributed by atoms with Crippen molar-refractivity contribution < 1.29 is 0 Å². The molecular weight excluding hydrogens is 364 g/mol. The van der Waals surface area contributed by atoms with Crippen molar-refractivity contribution in [2.24, 2.45) is 0 Å². The van der Waals surface area contributed by atoms with Crippen LogP contribution in [0.2, 0.25) is 0 Å². The van der Waals surface area contributed by atoms with Crippen molar-refractivity contribution in [1.29, 1.82) is 0 Å². The van der Waals surface area contributed by atoms with Gasteiger partial charge in [-0.2, -0.15) is 0 Å². The number of benzene rings is 1. The summed E-state index contributed by atoms with van der Waals surface area (Å²) in [5, 5.41) is 0. The van der Waals surface area contributed by atoms with Crippen molar-refractivity contribution in [3.63, 3.8) is 0 Å². The van der Waals surface area contributed by atoms with Gasteiger partial charge in [0.25, 0.3) is 0 Å². The SMILES string of the molecule is CCCCCCCCCCCCN1C=CN(c2ccccc2)C1CCCCCCC. The topological polar surface area (TPSA) is 6.48 Å². The molecule has 1 aromatic rings. The highest BCUT2D eigenvalue weighted by Gasteiger charge is 2.26. The predicted molar refractivity (Wildman–Crippen MR) is 134 cm³/mol. The molecule has 0 bridgehead atoms. The Morgan fingerprint density at radius 2 is 1.13 bits per heavy atom. The van der Waals surface area contributed by atoms with Crippen molar-refractivity contribution in [3.8, 4) is 0 Å². The average Bonchev–Trinajstić information content (AvgIpc) is 3.18. The third kappa shape index (κ3) is 9.58. The summed E-state index contributed by atoms with van der Waals surface area (Å²) in [6, 6.07) is 10.9. The van der Waals surface area contributed by atoms with Gasteiger partial charge in [0.2, 0.25) is 0 Å². The van der Waals surface area contributed by atoms with Gasteiger partial charge < -0.3 is 9.80 Å². The summed E-state index contributed by atoms with van der Waals surface area (Å²) in [6.45, 7) is 5.80. The van der Waals surface area contributed by atoms with Crippen LogP contribution in [0.4, 0.5) is 5.69 Å². The van der Waals surface area contributed by atoms with Gasteiger partial charge in [-0.3, -0.25) is 0 Å². The molecule has 170 valence electrons. The maximum atomic E-state index is 2.61. The maximum Gasteiger partial charge on any atom is 0.105 e. The lowest BCUT2D eigenvalue weighted by Gasteiger charge is -2.33. The second-order valence-electron chi connectivity index (χ2n) is 9.14. The number of rotatable bonds is 18. The van der Waals surface area contributed by atoms with E-state index in [2.05, 4.69) is 66.4 Å². The van der Waals surface area contributed by atoms with Gasteiger partial charge in [-0.15, -0.1) is 0 Å². The van der Waals surface area contributed by atoms with Gasteiger partial charge in [0.05, 0.1) is 0 Å². The van der Waals surface area contributed by atoms with Gasteiger partial charge >= 0.3 is 0 Å². The lowest BCUT2D eigenvalue weighted by Crippen LogP contribution is -2.39. The Kier molecular flexibility index (Phi) is 13.5. The lowest BCUT2D eigenvalue weighted by molar-refractivity contribution is 0.273. The Morgan fingerprint density at radius 1 is 0.600 bits per heavy atom. The molecule has 0 aliphatic carbocycles. The quantitative estimate of drug-likeness (QED) is 0.222. The lowest BCUT2D eigenvalue weighted by atomic mass is 10.1. The van der Waals surface area contributed by atoms with Crippen LogP contribution in [0.15, 0.2) is 42.7 Å². The summed E-state index contributed by atoms with van der Waals surface area (Å²) in [4.78, 5) is 5.10. The van der Waals surface area contributed by atoms with Crippen molar-refractivity contribution in [1.82, 2.24) is 4.90 Å². The number of hydrogen-bond acceptors (Lipinski definition) is 2. The third-order valence-electron chi connectivity index (χ3n) is 6.51. The summed E-state index contributed by atoms with van der Waals surface area (Å²) >= 11 is 0. The largest absolute Gasteiger partial charge is 0.356 e. The Bertz CT molecular complexity index is 539. The fourth-order valence-electron chi connectivity index (χ4n) is 4.61. The second-order valence-corrected chi connectivity index (χ2v) is 9.14. The molecule has 0 fully saturated rings. The third-order valence-corrected chi connectivity index (χ3v) is 6.51. The van der Waals surface area contributed by atoms with Gasteiger partial charge in [-0.25, -0.2) is 0 Å². The van der Waals surface area contributed by atoms with Crippen LogP contribution in [0, 0.1) is 0 Å². The van der Waals surface area contributed by atoms with E-state index in [0.29, 0.717) is 6.17 Å². The molecule has 0 spiro atoms. The average molecular weight is 413 g/mol. The zero-order valence-corrected chi connectivity index (χ0v) is 20.0. The zero-order chi connectivity index (χ0) is 21.3. The van der Waals surface area contributed by atoms with E-state index < -0.39 is 0 Å². The first-order chi connectivity index (χ1) is 14.9. The molecule has 2 nitrogen and oxygen atoms in total. The first-order valence-electron chi connectivity index (χ1n) is 13.1. The highest BCUT2D eigenvalue weighted by atomic mass is 15.4. The van der Waals surface area contributed by atoms with Crippen molar-refractivity contribution >= 4 is 5.69 Å². The molecule has 0 saturated carbocycles. The molecule has 0 amide bonds. The fraction of sp³-hybridized carbons (Fsp3) is 0.714. The standard InChI is InChI=1S/C28H48N2/c1-3-5-7-9-10-11-12-13-15-20-24-29-25-26-30(27-21-17-16-18-22-27)28(29)23-19-14-8-6-4-2/h16-18,21-22,25-26,28H,3-15,19-20,23-24H2,1-2H3. The molecule has 1 atom stereocenters. The summed E-state index contributed by atoms with van der Waals surface area (Å²) < 4.78 is 0. The van der Waals surface area contributed by atoms with E-state index in [4.69, 9.17) is 0 Å². The van der Waals surface area contributed by atoms with E-state index >= 15 is 0 Å². The highest BCUT2D eigenvalue weighted by molar-refractivity contribution is 5.51. The molecule has 0 radical (unpaired) electrons. The van der Waals surface area contributed by atoms with E-state index in [1.54, 1.807) is 0 Å². The van der Waals surface area contributed by atoms with Crippen LogP contribution >= 0.6 is 0 Å². The highest BCUT2D eigenvalue weighted by Crippen LogP contribution is 2.28. The number of unbranched alkanes of at least 4 members (excludes halogenated alkanes) is 13. The van der Waals surface area contributed by atoms with Crippen LogP contribution in [0.3, 0.4) is 0 Å². The van der Waals surface area contributed by atoms with Gasteiger partial charge in [0.15, 0.2) is 0 Å². The molecule has 2 rings (SSSR count). The predicted octanol–water partition coefficient (Wildman–Crippen LogP) is 8.89. The smallest absolute Gasteiger partial charge is 0.105 e.